The van der Waals surface area contributed by atoms with Gasteiger partial charge in [0.15, 0.2) is 5.52 Å². The van der Waals surface area contributed by atoms with Crippen LogP contribution in [-0.2, 0) is 26.0 Å². The van der Waals surface area contributed by atoms with E-state index in [-0.39, 0.29) is 35.1 Å². The molecule has 1 amide bonds. The van der Waals surface area contributed by atoms with Gasteiger partial charge in [0.2, 0.25) is 10.0 Å². The molecule has 6 rings (SSSR count). The summed E-state index contributed by atoms with van der Waals surface area (Å²) in [6, 6.07) is 14.2. The molecule has 1 fully saturated rings. The van der Waals surface area contributed by atoms with E-state index in [2.05, 4.69) is 10.3 Å². The summed E-state index contributed by atoms with van der Waals surface area (Å²) in [5.41, 5.74) is 2.88. The molecule has 0 aliphatic carbocycles. The molecule has 202 valence electrons. The SMILES string of the molecule is COCCCN1C(=O)c2cccc3c(CC(=O)C4CCCN(S(=O)(=O)c5cccc6nonc56)C4)ccc1c23. The fourth-order valence-electron chi connectivity index (χ4n) is 5.73. The highest BCUT2D eigenvalue weighted by atomic mass is 32.2. The zero-order valence-corrected chi connectivity index (χ0v) is 22.3. The third-order valence-corrected chi connectivity index (χ3v) is 9.57. The largest absolute Gasteiger partial charge is 0.385 e. The molecule has 11 heteroatoms. The molecule has 1 saturated heterocycles. The van der Waals surface area contributed by atoms with Crippen LogP contribution in [0, 0.1) is 5.92 Å². The average Bonchev–Trinajstić information content (AvgIpc) is 3.54. The second-order valence-electron chi connectivity index (χ2n) is 10.0. The average molecular weight is 549 g/mol. The van der Waals surface area contributed by atoms with Crippen molar-refractivity contribution in [1.29, 1.82) is 0 Å². The number of aromatic nitrogens is 2. The predicted octanol–water partition coefficient (Wildman–Crippen LogP) is 3.59. The second kappa shape index (κ2) is 10.1. The molecule has 0 N–H and O–H groups in total. The van der Waals surface area contributed by atoms with Crippen LogP contribution in [0.3, 0.4) is 0 Å². The Hall–Kier alpha value is -3.67. The minimum absolute atomic E-state index is 0.0156. The van der Waals surface area contributed by atoms with Gasteiger partial charge in [0, 0.05) is 56.6 Å². The fraction of sp³-hybridized carbons (Fsp3) is 0.357. The third-order valence-electron chi connectivity index (χ3n) is 7.68. The van der Waals surface area contributed by atoms with Gasteiger partial charge in [-0.3, -0.25) is 9.59 Å². The number of ether oxygens (including phenoxy) is 1. The number of sulfonamides is 1. The number of nitrogens with zero attached hydrogens (tertiary/aromatic N) is 4. The Kier molecular flexibility index (Phi) is 6.66. The highest BCUT2D eigenvalue weighted by molar-refractivity contribution is 7.89. The van der Waals surface area contributed by atoms with E-state index >= 15 is 0 Å². The summed E-state index contributed by atoms with van der Waals surface area (Å²) in [5.74, 6) is -0.489. The maximum absolute atomic E-state index is 13.5. The minimum Gasteiger partial charge on any atom is -0.385 e. The molecule has 0 radical (unpaired) electrons. The molecule has 0 saturated carbocycles. The minimum atomic E-state index is -3.89. The Morgan fingerprint density at radius 3 is 2.82 bits per heavy atom. The van der Waals surface area contributed by atoms with Crippen molar-refractivity contribution >= 4 is 49.2 Å². The lowest BCUT2D eigenvalue weighted by Gasteiger charge is -2.31. The molecule has 39 heavy (non-hydrogen) atoms. The molecule has 4 aromatic rings. The van der Waals surface area contributed by atoms with E-state index in [1.54, 1.807) is 24.1 Å². The Morgan fingerprint density at radius 1 is 1.13 bits per heavy atom. The van der Waals surface area contributed by atoms with Crippen LogP contribution in [0.4, 0.5) is 5.69 Å². The van der Waals surface area contributed by atoms with Crippen molar-refractivity contribution in [2.24, 2.45) is 5.92 Å². The van der Waals surface area contributed by atoms with Gasteiger partial charge in [-0.2, -0.15) is 4.31 Å². The Balaban J connectivity index is 1.24. The maximum atomic E-state index is 13.5. The van der Waals surface area contributed by atoms with Crippen LogP contribution in [0.25, 0.3) is 21.8 Å². The molecule has 0 bridgehead atoms. The Morgan fingerprint density at radius 2 is 1.97 bits per heavy atom. The highest BCUT2D eigenvalue weighted by Gasteiger charge is 2.35. The number of fused-ring (bicyclic) bond motifs is 1. The van der Waals surface area contributed by atoms with E-state index in [9.17, 15) is 18.0 Å². The summed E-state index contributed by atoms with van der Waals surface area (Å²) >= 11 is 0. The lowest BCUT2D eigenvalue weighted by atomic mass is 9.89. The van der Waals surface area contributed by atoms with Crippen molar-refractivity contribution in [3.05, 3.63) is 59.7 Å². The lowest BCUT2D eigenvalue weighted by molar-refractivity contribution is -0.123. The van der Waals surface area contributed by atoms with E-state index in [0.717, 1.165) is 28.4 Å². The molecule has 2 aliphatic rings. The van der Waals surface area contributed by atoms with Gasteiger partial charge >= 0.3 is 0 Å². The Labute approximate surface area is 225 Å². The summed E-state index contributed by atoms with van der Waals surface area (Å²) in [4.78, 5) is 28.4. The number of anilines is 1. The third kappa shape index (κ3) is 4.40. The number of amides is 1. The number of carbonyl (C=O) groups excluding carboxylic acids is 2. The molecule has 1 atom stereocenters. The van der Waals surface area contributed by atoms with Crippen molar-refractivity contribution in [2.75, 3.05) is 38.3 Å². The number of ketones is 1. The van der Waals surface area contributed by atoms with Crippen molar-refractivity contribution in [1.82, 2.24) is 14.6 Å². The molecule has 3 aromatic carbocycles. The first-order chi connectivity index (χ1) is 18.9. The van der Waals surface area contributed by atoms with Crippen molar-refractivity contribution in [2.45, 2.75) is 30.6 Å². The van der Waals surface area contributed by atoms with E-state index in [1.807, 2.05) is 30.3 Å². The zero-order valence-electron chi connectivity index (χ0n) is 21.5. The van der Waals surface area contributed by atoms with Gasteiger partial charge in [0.1, 0.15) is 16.2 Å². The molecular weight excluding hydrogens is 520 g/mol. The number of rotatable bonds is 9. The monoisotopic (exact) mass is 548 g/mol. The molecule has 10 nitrogen and oxygen atoms in total. The molecule has 2 aliphatic heterocycles. The zero-order chi connectivity index (χ0) is 27.1. The normalized spacial score (nSPS) is 17.9. The van der Waals surface area contributed by atoms with Crippen molar-refractivity contribution in [3.63, 3.8) is 0 Å². The van der Waals surface area contributed by atoms with Crippen LogP contribution >= 0.6 is 0 Å². The second-order valence-corrected chi connectivity index (χ2v) is 11.9. The van der Waals surface area contributed by atoms with E-state index < -0.39 is 15.9 Å². The summed E-state index contributed by atoms with van der Waals surface area (Å²) < 4.78 is 38.3. The van der Waals surface area contributed by atoms with Gasteiger partial charge < -0.3 is 9.64 Å². The summed E-state index contributed by atoms with van der Waals surface area (Å²) in [7, 11) is -2.25. The molecule has 1 unspecified atom stereocenters. The number of benzene rings is 3. The van der Waals surface area contributed by atoms with Crippen LogP contribution in [0.2, 0.25) is 0 Å². The van der Waals surface area contributed by atoms with Gasteiger partial charge in [0.05, 0.1) is 5.69 Å². The smallest absolute Gasteiger partial charge is 0.258 e. The van der Waals surface area contributed by atoms with Crippen LogP contribution in [0.1, 0.15) is 35.2 Å². The first-order valence-corrected chi connectivity index (χ1v) is 14.4. The number of carbonyl (C=O) groups is 2. The van der Waals surface area contributed by atoms with Crippen molar-refractivity contribution < 1.29 is 27.4 Å². The van der Waals surface area contributed by atoms with Crippen LogP contribution in [0.5, 0.6) is 0 Å². The van der Waals surface area contributed by atoms with E-state index in [4.69, 9.17) is 9.37 Å². The quantitative estimate of drug-likeness (QED) is 0.291. The van der Waals surface area contributed by atoms with Crippen LogP contribution in [-0.4, -0.2) is 68.1 Å². The number of Topliss-reactive ketones (excluding diaryl/α,β-unsaturated/α-hetero) is 1. The number of methoxy groups -OCH3 is 1. The summed E-state index contributed by atoms with van der Waals surface area (Å²) in [5, 5.41) is 9.27. The van der Waals surface area contributed by atoms with Crippen LogP contribution < -0.4 is 4.90 Å². The number of hydrogen-bond donors (Lipinski definition) is 0. The van der Waals surface area contributed by atoms with Gasteiger partial charge in [-0.15, -0.1) is 0 Å². The Bertz CT molecular complexity index is 1700. The number of hydrogen-bond acceptors (Lipinski definition) is 8. The van der Waals surface area contributed by atoms with Gasteiger partial charge in [-0.05, 0) is 64.8 Å². The van der Waals surface area contributed by atoms with Gasteiger partial charge in [-0.1, -0.05) is 24.3 Å². The van der Waals surface area contributed by atoms with Gasteiger partial charge in [-0.25, -0.2) is 13.0 Å². The lowest BCUT2D eigenvalue weighted by Crippen LogP contribution is -2.42. The van der Waals surface area contributed by atoms with Gasteiger partial charge in [0.25, 0.3) is 5.91 Å². The summed E-state index contributed by atoms with van der Waals surface area (Å²) in [6.45, 7) is 1.56. The van der Waals surface area contributed by atoms with E-state index in [0.29, 0.717) is 43.6 Å². The first-order valence-electron chi connectivity index (χ1n) is 13.0. The van der Waals surface area contributed by atoms with Crippen LogP contribution in [0.15, 0.2) is 58.1 Å². The molecule has 3 heterocycles. The van der Waals surface area contributed by atoms with E-state index in [1.165, 1.54) is 10.4 Å². The predicted molar refractivity (Wildman–Crippen MR) is 144 cm³/mol. The standard InChI is InChI=1S/C28H28N4O6S/c1-37-15-5-14-32-23-12-11-18(20-7-2-8-21(26(20)23)28(32)34)16-24(33)19-6-4-13-31(17-19)39(35,36)25-10-3-9-22-27(25)30-38-29-22/h2-3,7-12,19H,4-6,13-17H2,1H3. The molecular formula is C28H28N4O6S. The number of piperidine rings is 1. The molecule has 1 aromatic heterocycles. The highest BCUT2D eigenvalue weighted by Crippen LogP contribution is 2.39. The topological polar surface area (TPSA) is 123 Å². The maximum Gasteiger partial charge on any atom is 0.258 e. The summed E-state index contributed by atoms with van der Waals surface area (Å²) in [6.07, 6.45) is 2.09. The van der Waals surface area contributed by atoms with Crippen molar-refractivity contribution in [3.8, 4) is 0 Å². The fourth-order valence-corrected chi connectivity index (χ4v) is 7.39. The molecule has 0 spiro atoms. The first kappa shape index (κ1) is 25.6.